The molecule has 5 rings (SSSR count). The lowest BCUT2D eigenvalue weighted by Gasteiger charge is -2.23. The van der Waals surface area contributed by atoms with E-state index in [1.165, 1.54) is 16.2 Å². The van der Waals surface area contributed by atoms with Crippen molar-refractivity contribution in [2.45, 2.75) is 19.6 Å². The fourth-order valence-corrected chi connectivity index (χ4v) is 4.95. The zero-order valence-electron chi connectivity index (χ0n) is 19.2. The number of thiazole rings is 1. The average Bonchev–Trinajstić information content (AvgIpc) is 3.50. The minimum Gasteiger partial charge on any atom is -0.507 e. The Hall–Kier alpha value is -3.94. The topological polar surface area (TPSA) is 79.7 Å². The highest BCUT2D eigenvalue weighted by molar-refractivity contribution is 7.14. The Bertz CT molecular complexity index is 1450. The molecule has 1 fully saturated rings. The molecule has 1 unspecified atom stereocenters. The number of aliphatic hydroxyl groups excluding tert-OH is 1. The maximum absolute atomic E-state index is 13.1. The number of ketones is 1. The number of Topliss-reactive ketones (excluding diaryl/α,β-unsaturated/α-hetero) is 1. The number of nitrogens with zero attached hydrogens (tertiary/aromatic N) is 2. The number of aliphatic hydroxyl groups is 1. The second kappa shape index (κ2) is 9.97. The van der Waals surface area contributed by atoms with E-state index in [2.05, 4.69) is 11.1 Å². The predicted octanol–water partition coefficient (Wildman–Crippen LogP) is 6.31. The summed E-state index contributed by atoms with van der Waals surface area (Å²) in [5, 5.41) is 13.9. The summed E-state index contributed by atoms with van der Waals surface area (Å²) in [6, 6.07) is 20.8. The third-order valence-corrected chi connectivity index (χ3v) is 6.89. The molecule has 1 N–H and O–H groups in total. The average molecular weight is 517 g/mol. The van der Waals surface area contributed by atoms with E-state index in [-0.39, 0.29) is 11.3 Å². The van der Waals surface area contributed by atoms with Gasteiger partial charge in [0, 0.05) is 22.2 Å². The van der Waals surface area contributed by atoms with Crippen LogP contribution < -0.4 is 9.64 Å². The van der Waals surface area contributed by atoms with Crippen molar-refractivity contribution in [1.29, 1.82) is 0 Å². The molecule has 180 valence electrons. The van der Waals surface area contributed by atoms with E-state index < -0.39 is 17.7 Å². The maximum atomic E-state index is 13.1. The second-order valence-electron chi connectivity index (χ2n) is 8.34. The molecule has 36 heavy (non-hydrogen) atoms. The van der Waals surface area contributed by atoms with Gasteiger partial charge in [-0.3, -0.25) is 14.5 Å². The first-order valence-electron chi connectivity index (χ1n) is 11.2. The molecule has 1 aliphatic rings. The molecule has 1 amide bonds. The van der Waals surface area contributed by atoms with E-state index in [1.54, 1.807) is 60.1 Å². The van der Waals surface area contributed by atoms with Crippen molar-refractivity contribution < 1.29 is 19.4 Å². The molecule has 8 heteroatoms. The van der Waals surface area contributed by atoms with Gasteiger partial charge in [-0.05, 0) is 54.4 Å². The number of carbonyl (C=O) groups excluding carboxylic acids is 2. The Morgan fingerprint density at radius 2 is 1.83 bits per heavy atom. The van der Waals surface area contributed by atoms with Gasteiger partial charge in [-0.25, -0.2) is 4.98 Å². The van der Waals surface area contributed by atoms with Gasteiger partial charge in [0.25, 0.3) is 5.78 Å². The summed E-state index contributed by atoms with van der Waals surface area (Å²) < 4.78 is 5.87. The summed E-state index contributed by atoms with van der Waals surface area (Å²) in [6.45, 7) is 2.43. The summed E-state index contributed by atoms with van der Waals surface area (Å²) >= 11 is 7.30. The molecule has 0 saturated carbocycles. The number of halogens is 1. The lowest BCUT2D eigenvalue weighted by molar-refractivity contribution is -0.132. The summed E-state index contributed by atoms with van der Waals surface area (Å²) in [7, 11) is 0. The van der Waals surface area contributed by atoms with Crippen molar-refractivity contribution in [3.05, 3.63) is 117 Å². The first kappa shape index (κ1) is 23.8. The van der Waals surface area contributed by atoms with Crippen LogP contribution in [0, 0.1) is 6.92 Å². The normalized spacial score (nSPS) is 16.9. The Labute approximate surface area is 217 Å². The number of hydrogen-bond donors (Lipinski definition) is 1. The molecule has 0 spiro atoms. The van der Waals surface area contributed by atoms with Crippen LogP contribution >= 0.6 is 22.9 Å². The Kier molecular flexibility index (Phi) is 6.59. The Morgan fingerprint density at radius 3 is 2.50 bits per heavy atom. The monoisotopic (exact) mass is 516 g/mol. The van der Waals surface area contributed by atoms with Gasteiger partial charge in [-0.15, -0.1) is 11.3 Å². The van der Waals surface area contributed by atoms with Crippen LogP contribution in [0.4, 0.5) is 5.13 Å². The van der Waals surface area contributed by atoms with Crippen LogP contribution in [0.5, 0.6) is 5.75 Å². The Morgan fingerprint density at radius 1 is 1.08 bits per heavy atom. The minimum atomic E-state index is -0.842. The van der Waals surface area contributed by atoms with Gasteiger partial charge in [0.1, 0.15) is 18.1 Å². The van der Waals surface area contributed by atoms with Gasteiger partial charge in [0.05, 0.1) is 11.6 Å². The minimum absolute atomic E-state index is 0.00838. The highest BCUT2D eigenvalue weighted by Crippen LogP contribution is 2.43. The lowest BCUT2D eigenvalue weighted by atomic mass is 9.95. The van der Waals surface area contributed by atoms with E-state index in [9.17, 15) is 14.7 Å². The van der Waals surface area contributed by atoms with Crippen LogP contribution in [-0.2, 0) is 16.2 Å². The first-order chi connectivity index (χ1) is 17.4. The summed E-state index contributed by atoms with van der Waals surface area (Å²) in [4.78, 5) is 31.7. The van der Waals surface area contributed by atoms with Gasteiger partial charge >= 0.3 is 5.91 Å². The predicted molar refractivity (Wildman–Crippen MR) is 140 cm³/mol. The lowest BCUT2D eigenvalue weighted by Crippen LogP contribution is -2.29. The molecular formula is C28H21ClN2O4S. The molecule has 0 bridgehead atoms. The summed E-state index contributed by atoms with van der Waals surface area (Å²) in [6.07, 6.45) is 1.56. The van der Waals surface area contributed by atoms with Crippen molar-refractivity contribution in [3.63, 3.8) is 0 Å². The van der Waals surface area contributed by atoms with Crippen molar-refractivity contribution in [1.82, 2.24) is 4.98 Å². The number of carbonyl (C=O) groups is 2. The van der Waals surface area contributed by atoms with Gasteiger partial charge in [-0.2, -0.15) is 0 Å². The van der Waals surface area contributed by atoms with Crippen molar-refractivity contribution in [2.24, 2.45) is 0 Å². The molecule has 1 aliphatic heterocycles. The van der Waals surface area contributed by atoms with Crippen molar-refractivity contribution in [3.8, 4) is 5.75 Å². The van der Waals surface area contributed by atoms with Crippen LogP contribution in [0.15, 0.2) is 89.9 Å². The van der Waals surface area contributed by atoms with E-state index >= 15 is 0 Å². The highest BCUT2D eigenvalue weighted by atomic mass is 35.5. The zero-order valence-corrected chi connectivity index (χ0v) is 20.8. The molecule has 0 radical (unpaired) electrons. The number of aryl methyl sites for hydroxylation is 1. The summed E-state index contributed by atoms with van der Waals surface area (Å²) in [5.74, 6) is -1.17. The number of aromatic nitrogens is 1. The zero-order chi connectivity index (χ0) is 25.2. The van der Waals surface area contributed by atoms with Crippen molar-refractivity contribution >= 4 is 45.5 Å². The number of anilines is 1. The SMILES string of the molecule is Cc1cccc(COc2ccc(/C(O)=C3\C(=O)C(=O)N(c4nccs4)C3c3ccc(Cl)cc3)cc2)c1. The molecule has 1 atom stereocenters. The van der Waals surface area contributed by atoms with Crippen molar-refractivity contribution in [2.75, 3.05) is 4.90 Å². The molecular weight excluding hydrogens is 496 g/mol. The fourth-order valence-electron chi connectivity index (χ4n) is 4.16. The van der Waals surface area contributed by atoms with Crippen LogP contribution in [0.3, 0.4) is 0 Å². The van der Waals surface area contributed by atoms with Crippen LogP contribution in [-0.4, -0.2) is 21.8 Å². The molecule has 1 saturated heterocycles. The molecule has 0 aliphatic carbocycles. The molecule has 3 aromatic carbocycles. The van der Waals surface area contributed by atoms with Gasteiger partial charge in [0.2, 0.25) is 0 Å². The third-order valence-electron chi connectivity index (χ3n) is 5.87. The second-order valence-corrected chi connectivity index (χ2v) is 9.65. The fraction of sp³-hybridized carbons (Fsp3) is 0.107. The Balaban J connectivity index is 1.48. The molecule has 6 nitrogen and oxygen atoms in total. The maximum Gasteiger partial charge on any atom is 0.301 e. The number of rotatable bonds is 6. The largest absolute Gasteiger partial charge is 0.507 e. The van der Waals surface area contributed by atoms with Gasteiger partial charge < -0.3 is 9.84 Å². The quantitative estimate of drug-likeness (QED) is 0.184. The third kappa shape index (κ3) is 4.63. The molecule has 2 heterocycles. The van der Waals surface area contributed by atoms with E-state index in [0.29, 0.717) is 33.6 Å². The first-order valence-corrected chi connectivity index (χ1v) is 12.4. The van der Waals surface area contributed by atoms with E-state index in [1.807, 2.05) is 25.1 Å². The molecule has 4 aromatic rings. The summed E-state index contributed by atoms with van der Waals surface area (Å²) in [5.41, 5.74) is 3.22. The number of hydrogen-bond acceptors (Lipinski definition) is 6. The van der Waals surface area contributed by atoms with Crippen LogP contribution in [0.2, 0.25) is 5.02 Å². The van der Waals surface area contributed by atoms with Crippen LogP contribution in [0.25, 0.3) is 5.76 Å². The number of benzene rings is 3. The number of amides is 1. The van der Waals surface area contributed by atoms with Crippen LogP contribution in [0.1, 0.15) is 28.3 Å². The van der Waals surface area contributed by atoms with Gasteiger partial charge in [0.15, 0.2) is 5.13 Å². The molecule has 1 aromatic heterocycles. The van der Waals surface area contributed by atoms with Gasteiger partial charge in [-0.1, -0.05) is 53.6 Å². The smallest absolute Gasteiger partial charge is 0.301 e. The highest BCUT2D eigenvalue weighted by Gasteiger charge is 2.47. The van der Waals surface area contributed by atoms with E-state index in [0.717, 1.165) is 11.1 Å². The number of ether oxygens (including phenoxy) is 1. The standard InChI is InChI=1S/C28H21ClN2O4S/c1-17-3-2-4-18(15-17)16-35-22-11-7-20(8-12-22)25(32)23-24(19-5-9-21(29)10-6-19)31(27(34)26(23)33)28-30-13-14-36-28/h2-15,24,32H,16H2,1H3/b25-23+. The van der Waals surface area contributed by atoms with E-state index in [4.69, 9.17) is 16.3 Å².